The van der Waals surface area contributed by atoms with E-state index in [0.29, 0.717) is 27.7 Å². The zero-order valence-corrected chi connectivity index (χ0v) is 17.1. The highest BCUT2D eigenvalue weighted by Crippen LogP contribution is 2.32. The topological polar surface area (TPSA) is 85.1 Å². The van der Waals surface area contributed by atoms with Gasteiger partial charge in [-0.1, -0.05) is 17.8 Å². The number of nitrogens with zero attached hydrogens (tertiary/aromatic N) is 3. The molecule has 6 nitrogen and oxygen atoms in total. The first-order valence-electron chi connectivity index (χ1n) is 8.77. The summed E-state index contributed by atoms with van der Waals surface area (Å²) in [6.45, 7) is 1.86. The van der Waals surface area contributed by atoms with E-state index in [9.17, 15) is 10.1 Å². The third-order valence-corrected chi connectivity index (χ3v) is 5.22. The van der Waals surface area contributed by atoms with Crippen molar-refractivity contribution in [3.05, 3.63) is 65.6 Å². The quantitative estimate of drug-likeness (QED) is 0.427. The molecule has 0 aliphatic carbocycles. The van der Waals surface area contributed by atoms with Crippen molar-refractivity contribution in [1.29, 1.82) is 5.26 Å². The average Bonchev–Trinajstić information content (AvgIpc) is 2.77. The lowest BCUT2D eigenvalue weighted by Crippen LogP contribution is -2.05. The number of ketones is 1. The van der Waals surface area contributed by atoms with Crippen molar-refractivity contribution in [2.24, 2.45) is 0 Å². The summed E-state index contributed by atoms with van der Waals surface area (Å²) in [6.07, 6.45) is 3.39. The van der Waals surface area contributed by atoms with Gasteiger partial charge in [0.05, 0.1) is 25.5 Å². The summed E-state index contributed by atoms with van der Waals surface area (Å²) >= 11 is 1.25. The van der Waals surface area contributed by atoms with E-state index in [-0.39, 0.29) is 11.5 Å². The van der Waals surface area contributed by atoms with Crippen LogP contribution < -0.4 is 9.47 Å². The summed E-state index contributed by atoms with van der Waals surface area (Å²) in [5, 5.41) is 10.2. The fraction of sp³-hybridized carbons (Fsp3) is 0.182. The summed E-state index contributed by atoms with van der Waals surface area (Å²) < 4.78 is 10.5. The molecule has 0 radical (unpaired) electrons. The Morgan fingerprint density at radius 1 is 1.17 bits per heavy atom. The highest BCUT2D eigenvalue weighted by atomic mass is 32.2. The van der Waals surface area contributed by atoms with Gasteiger partial charge in [0, 0.05) is 34.8 Å². The van der Waals surface area contributed by atoms with Gasteiger partial charge in [0.1, 0.15) is 11.1 Å². The number of carbonyl (C=O) groups is 1. The molecule has 1 aromatic carbocycles. The number of benzene rings is 1. The highest BCUT2D eigenvalue weighted by molar-refractivity contribution is 8.00. The first-order valence-corrected chi connectivity index (χ1v) is 9.76. The molecule has 0 amide bonds. The predicted octanol–water partition coefficient (Wildman–Crippen LogP) is 4.32. The van der Waals surface area contributed by atoms with Gasteiger partial charge in [0.2, 0.25) is 0 Å². The molecule has 2 heterocycles. The van der Waals surface area contributed by atoms with Gasteiger partial charge in [-0.3, -0.25) is 9.78 Å². The number of thioether (sulfide) groups is 1. The summed E-state index contributed by atoms with van der Waals surface area (Å²) in [6, 6.07) is 12.8. The Kier molecular flexibility index (Phi) is 6.47. The fourth-order valence-electron chi connectivity index (χ4n) is 2.83. The van der Waals surface area contributed by atoms with Crippen molar-refractivity contribution in [2.45, 2.75) is 11.9 Å². The van der Waals surface area contributed by atoms with Gasteiger partial charge >= 0.3 is 0 Å². The van der Waals surface area contributed by atoms with E-state index in [1.54, 1.807) is 37.7 Å². The second-order valence-corrected chi connectivity index (χ2v) is 7.09. The van der Waals surface area contributed by atoms with Crippen molar-refractivity contribution >= 4 is 17.5 Å². The summed E-state index contributed by atoms with van der Waals surface area (Å²) in [5.74, 6) is 1.11. The first-order chi connectivity index (χ1) is 14.1. The number of aryl methyl sites for hydroxylation is 1. The van der Waals surface area contributed by atoms with E-state index < -0.39 is 0 Å². The van der Waals surface area contributed by atoms with Crippen LogP contribution in [0.15, 0.2) is 53.8 Å². The van der Waals surface area contributed by atoms with Crippen LogP contribution in [0.4, 0.5) is 0 Å². The van der Waals surface area contributed by atoms with Crippen LogP contribution in [0.1, 0.15) is 21.6 Å². The van der Waals surface area contributed by atoms with Gasteiger partial charge in [-0.15, -0.1) is 0 Å². The lowest BCUT2D eigenvalue weighted by molar-refractivity contribution is 0.102. The lowest BCUT2D eigenvalue weighted by atomic mass is 10.0. The standard InChI is InChI=1S/C22H19N3O3S/c1-14-9-17(16-5-4-8-24-12-16)18(11-23)22(25-14)29-13-19(26)15-6-7-20(27-2)21(10-15)28-3/h4-10,12H,13H2,1-3H3. The maximum atomic E-state index is 12.7. The minimum absolute atomic E-state index is 0.0916. The third kappa shape index (κ3) is 4.55. The van der Waals surface area contributed by atoms with Crippen LogP contribution in [-0.2, 0) is 0 Å². The Labute approximate surface area is 173 Å². The molecule has 0 N–H and O–H groups in total. The van der Waals surface area contributed by atoms with Crippen LogP contribution >= 0.6 is 11.8 Å². The molecule has 0 aliphatic heterocycles. The Hall–Kier alpha value is -3.37. The van der Waals surface area contributed by atoms with Crippen LogP contribution in [0.3, 0.4) is 0 Å². The summed E-state index contributed by atoms with van der Waals surface area (Å²) in [7, 11) is 3.07. The number of Topliss-reactive ketones (excluding diaryl/α,β-unsaturated/α-hetero) is 1. The average molecular weight is 405 g/mol. The maximum Gasteiger partial charge on any atom is 0.173 e. The molecule has 7 heteroatoms. The molecule has 29 heavy (non-hydrogen) atoms. The summed E-state index contributed by atoms with van der Waals surface area (Å²) in [4.78, 5) is 21.3. The lowest BCUT2D eigenvalue weighted by Gasteiger charge is -2.11. The number of carbonyl (C=O) groups excluding carboxylic acids is 1. The van der Waals surface area contributed by atoms with Crippen molar-refractivity contribution in [3.8, 4) is 28.7 Å². The number of aromatic nitrogens is 2. The minimum atomic E-state index is -0.0916. The molecule has 0 atom stereocenters. The van der Waals surface area contributed by atoms with Crippen LogP contribution in [0, 0.1) is 18.3 Å². The van der Waals surface area contributed by atoms with Gasteiger partial charge in [-0.05, 0) is 37.3 Å². The molecule has 0 unspecified atom stereocenters. The molecule has 0 saturated carbocycles. The Morgan fingerprint density at radius 3 is 2.62 bits per heavy atom. The first kappa shape index (κ1) is 20.4. The third-order valence-electron chi connectivity index (χ3n) is 4.24. The number of rotatable bonds is 7. The van der Waals surface area contributed by atoms with Crippen LogP contribution in [0.2, 0.25) is 0 Å². The normalized spacial score (nSPS) is 10.3. The molecule has 0 spiro atoms. The van der Waals surface area contributed by atoms with E-state index in [1.165, 1.54) is 18.9 Å². The van der Waals surface area contributed by atoms with E-state index >= 15 is 0 Å². The molecule has 0 aliphatic rings. The Balaban J connectivity index is 1.87. The summed E-state index contributed by atoms with van der Waals surface area (Å²) in [5.41, 5.74) is 3.31. The number of nitriles is 1. The predicted molar refractivity (Wildman–Crippen MR) is 112 cm³/mol. The van der Waals surface area contributed by atoms with Gasteiger partial charge in [-0.25, -0.2) is 4.98 Å². The maximum absolute atomic E-state index is 12.7. The monoisotopic (exact) mass is 405 g/mol. The number of hydrogen-bond acceptors (Lipinski definition) is 7. The van der Waals surface area contributed by atoms with Crippen molar-refractivity contribution in [2.75, 3.05) is 20.0 Å². The molecular weight excluding hydrogens is 386 g/mol. The van der Waals surface area contributed by atoms with Gasteiger partial charge < -0.3 is 9.47 Å². The van der Waals surface area contributed by atoms with Crippen molar-refractivity contribution < 1.29 is 14.3 Å². The van der Waals surface area contributed by atoms with Crippen molar-refractivity contribution in [3.63, 3.8) is 0 Å². The minimum Gasteiger partial charge on any atom is -0.493 e. The van der Waals surface area contributed by atoms with Gasteiger partial charge in [-0.2, -0.15) is 5.26 Å². The second kappa shape index (κ2) is 9.22. The number of ether oxygens (including phenoxy) is 2. The number of hydrogen-bond donors (Lipinski definition) is 0. The molecule has 0 fully saturated rings. The van der Waals surface area contributed by atoms with Crippen LogP contribution in [0.5, 0.6) is 11.5 Å². The largest absolute Gasteiger partial charge is 0.493 e. The molecular formula is C22H19N3O3S. The molecule has 146 valence electrons. The van der Waals surface area contributed by atoms with Gasteiger partial charge in [0.15, 0.2) is 17.3 Å². The van der Waals surface area contributed by atoms with E-state index in [4.69, 9.17) is 9.47 Å². The van der Waals surface area contributed by atoms with Crippen LogP contribution in [-0.4, -0.2) is 35.7 Å². The van der Waals surface area contributed by atoms with Gasteiger partial charge in [0.25, 0.3) is 0 Å². The molecule has 3 rings (SSSR count). The van der Waals surface area contributed by atoms with Crippen LogP contribution in [0.25, 0.3) is 11.1 Å². The van der Waals surface area contributed by atoms with E-state index in [1.807, 2.05) is 25.1 Å². The number of methoxy groups -OCH3 is 2. The van der Waals surface area contributed by atoms with E-state index in [0.717, 1.165) is 16.8 Å². The molecule has 0 bridgehead atoms. The molecule has 2 aromatic heterocycles. The zero-order valence-electron chi connectivity index (χ0n) is 16.3. The second-order valence-electron chi connectivity index (χ2n) is 6.13. The fourth-order valence-corrected chi connectivity index (χ4v) is 3.78. The SMILES string of the molecule is COc1ccc(C(=O)CSc2nc(C)cc(-c3cccnc3)c2C#N)cc1OC. The molecule has 0 saturated heterocycles. The number of pyridine rings is 2. The highest BCUT2D eigenvalue weighted by Gasteiger charge is 2.17. The molecule has 3 aromatic rings. The van der Waals surface area contributed by atoms with E-state index in [2.05, 4.69) is 16.0 Å². The smallest absolute Gasteiger partial charge is 0.173 e. The van der Waals surface area contributed by atoms with Crippen molar-refractivity contribution in [1.82, 2.24) is 9.97 Å². The Morgan fingerprint density at radius 2 is 1.97 bits per heavy atom. The Bertz CT molecular complexity index is 1080. The zero-order chi connectivity index (χ0) is 20.8.